The summed E-state index contributed by atoms with van der Waals surface area (Å²) in [4.78, 5) is 0. The molecule has 0 spiro atoms. The highest BCUT2D eigenvalue weighted by Gasteiger charge is 2.23. The van der Waals surface area contributed by atoms with E-state index in [0.29, 0.717) is 6.04 Å². The van der Waals surface area contributed by atoms with E-state index in [1.165, 1.54) is 31.2 Å². The van der Waals surface area contributed by atoms with E-state index in [-0.39, 0.29) is 0 Å². The van der Waals surface area contributed by atoms with Crippen LogP contribution in [0.2, 0.25) is 0 Å². The molecule has 2 unspecified atom stereocenters. The van der Waals surface area contributed by atoms with Crippen molar-refractivity contribution < 1.29 is 0 Å². The van der Waals surface area contributed by atoms with Gasteiger partial charge in [-0.15, -0.1) is 0 Å². The highest BCUT2D eigenvalue weighted by molar-refractivity contribution is 5.39. The molecule has 1 saturated carbocycles. The molecule has 1 heterocycles. The van der Waals surface area contributed by atoms with Crippen molar-refractivity contribution in [3.8, 4) is 0 Å². The van der Waals surface area contributed by atoms with E-state index in [1.54, 1.807) is 0 Å². The van der Waals surface area contributed by atoms with Crippen LogP contribution >= 0.6 is 0 Å². The lowest BCUT2D eigenvalue weighted by molar-refractivity contribution is 0.525. The molecule has 1 aliphatic carbocycles. The summed E-state index contributed by atoms with van der Waals surface area (Å²) >= 11 is 0. The van der Waals surface area contributed by atoms with Gasteiger partial charge in [0.1, 0.15) is 0 Å². The lowest BCUT2D eigenvalue weighted by atomic mass is 10.1. The molecule has 0 bridgehead atoms. The van der Waals surface area contributed by atoms with Crippen LogP contribution in [0.5, 0.6) is 0 Å². The van der Waals surface area contributed by atoms with Crippen LogP contribution in [0.3, 0.4) is 0 Å². The second-order valence-corrected chi connectivity index (χ2v) is 5.84. The van der Waals surface area contributed by atoms with Gasteiger partial charge in [-0.3, -0.25) is 4.68 Å². The number of nitrogens with zero attached hydrogens (tertiary/aromatic N) is 2. The Kier molecular flexibility index (Phi) is 4.05. The number of rotatable bonds is 5. The zero-order valence-electron chi connectivity index (χ0n) is 12.1. The third kappa shape index (κ3) is 3.21. The molecule has 1 aliphatic rings. The van der Waals surface area contributed by atoms with Gasteiger partial charge in [-0.2, -0.15) is 5.10 Å². The molecule has 1 aromatic carbocycles. The molecule has 0 amide bonds. The third-order valence-electron chi connectivity index (χ3n) is 4.31. The zero-order valence-corrected chi connectivity index (χ0v) is 12.1. The average molecular weight is 269 g/mol. The van der Waals surface area contributed by atoms with Crippen molar-refractivity contribution in [3.05, 3.63) is 48.3 Å². The minimum atomic E-state index is 0.634. The molecule has 1 aromatic heterocycles. The first-order valence-corrected chi connectivity index (χ1v) is 7.66. The second-order valence-electron chi connectivity index (χ2n) is 5.84. The molecular weight excluding hydrogens is 246 g/mol. The van der Waals surface area contributed by atoms with Crippen LogP contribution in [-0.4, -0.2) is 15.8 Å². The summed E-state index contributed by atoms with van der Waals surface area (Å²) in [5.41, 5.74) is 2.44. The molecule has 1 N–H and O–H groups in total. The fourth-order valence-corrected chi connectivity index (χ4v) is 3.11. The fourth-order valence-electron chi connectivity index (χ4n) is 3.11. The van der Waals surface area contributed by atoms with Gasteiger partial charge in [0.25, 0.3) is 0 Å². The van der Waals surface area contributed by atoms with Crippen molar-refractivity contribution in [1.82, 2.24) is 9.78 Å². The van der Waals surface area contributed by atoms with Gasteiger partial charge >= 0.3 is 0 Å². The Bertz CT molecular complexity index is 532. The predicted molar refractivity (Wildman–Crippen MR) is 82.8 cm³/mol. The van der Waals surface area contributed by atoms with Crippen LogP contribution in [0, 0.1) is 5.92 Å². The fraction of sp³-hybridized carbons (Fsp3) is 0.471. The Morgan fingerprint density at radius 3 is 2.85 bits per heavy atom. The van der Waals surface area contributed by atoms with Crippen LogP contribution < -0.4 is 5.32 Å². The van der Waals surface area contributed by atoms with Gasteiger partial charge in [-0.05, 0) is 30.7 Å². The first-order valence-electron chi connectivity index (χ1n) is 7.66. The summed E-state index contributed by atoms with van der Waals surface area (Å²) < 4.78 is 2.00. The highest BCUT2D eigenvalue weighted by Crippen LogP contribution is 2.29. The normalized spacial score (nSPS) is 22.1. The average Bonchev–Trinajstić information content (AvgIpc) is 3.10. The standard InChI is InChI=1S/C17H23N3/c1-2-14-8-9-16(10-14)19-17-11-18-20(13-17)12-15-6-4-3-5-7-15/h3-7,11,13-14,16,19H,2,8-10,12H2,1H3. The topological polar surface area (TPSA) is 29.9 Å². The molecule has 1 fully saturated rings. The SMILES string of the molecule is CCC1CCC(Nc2cnn(Cc3ccccc3)c2)C1. The lowest BCUT2D eigenvalue weighted by Crippen LogP contribution is -2.15. The number of hydrogen-bond acceptors (Lipinski definition) is 2. The number of aromatic nitrogens is 2. The zero-order chi connectivity index (χ0) is 13.8. The first kappa shape index (κ1) is 13.2. The summed E-state index contributed by atoms with van der Waals surface area (Å²) in [6.45, 7) is 3.13. The smallest absolute Gasteiger partial charge is 0.0728 e. The van der Waals surface area contributed by atoms with Gasteiger partial charge in [-0.1, -0.05) is 43.7 Å². The van der Waals surface area contributed by atoms with E-state index in [0.717, 1.165) is 18.2 Å². The molecule has 106 valence electrons. The molecule has 0 saturated heterocycles. The number of hydrogen-bond donors (Lipinski definition) is 1. The van der Waals surface area contributed by atoms with E-state index < -0.39 is 0 Å². The maximum absolute atomic E-state index is 4.45. The minimum Gasteiger partial charge on any atom is -0.380 e. The molecule has 2 aromatic rings. The minimum absolute atomic E-state index is 0.634. The van der Waals surface area contributed by atoms with E-state index in [2.05, 4.69) is 47.8 Å². The quantitative estimate of drug-likeness (QED) is 0.891. The van der Waals surface area contributed by atoms with Crippen LogP contribution in [0.25, 0.3) is 0 Å². The first-order chi connectivity index (χ1) is 9.83. The second kappa shape index (κ2) is 6.12. The Balaban J connectivity index is 1.57. The monoisotopic (exact) mass is 269 g/mol. The maximum Gasteiger partial charge on any atom is 0.0728 e. The predicted octanol–water partition coefficient (Wildman–Crippen LogP) is 3.92. The van der Waals surface area contributed by atoms with Crippen molar-refractivity contribution >= 4 is 5.69 Å². The van der Waals surface area contributed by atoms with Crippen LogP contribution in [0.15, 0.2) is 42.7 Å². The van der Waals surface area contributed by atoms with Gasteiger partial charge in [0, 0.05) is 12.2 Å². The Labute approximate surface area is 121 Å². The van der Waals surface area contributed by atoms with E-state index in [9.17, 15) is 0 Å². The summed E-state index contributed by atoms with van der Waals surface area (Å²) in [7, 11) is 0. The molecule has 3 rings (SSSR count). The molecule has 2 atom stereocenters. The molecule has 3 heteroatoms. The Hall–Kier alpha value is -1.77. The summed E-state index contributed by atoms with van der Waals surface area (Å²) in [6, 6.07) is 11.1. The Morgan fingerprint density at radius 1 is 1.25 bits per heavy atom. The van der Waals surface area contributed by atoms with Crippen molar-refractivity contribution in [2.75, 3.05) is 5.32 Å². The number of benzene rings is 1. The van der Waals surface area contributed by atoms with Crippen LogP contribution in [0.4, 0.5) is 5.69 Å². The third-order valence-corrected chi connectivity index (χ3v) is 4.31. The van der Waals surface area contributed by atoms with E-state index in [1.807, 2.05) is 16.9 Å². The van der Waals surface area contributed by atoms with Crippen molar-refractivity contribution in [3.63, 3.8) is 0 Å². The largest absolute Gasteiger partial charge is 0.380 e. The Morgan fingerprint density at radius 2 is 2.10 bits per heavy atom. The lowest BCUT2D eigenvalue weighted by Gasteiger charge is -2.12. The number of nitrogens with one attached hydrogen (secondary N) is 1. The van der Waals surface area contributed by atoms with Crippen LogP contribution in [0.1, 0.15) is 38.2 Å². The summed E-state index contributed by atoms with van der Waals surface area (Å²) in [6.07, 6.45) is 9.34. The van der Waals surface area contributed by atoms with Gasteiger partial charge < -0.3 is 5.32 Å². The molecule has 0 radical (unpaired) electrons. The molecule has 0 aliphatic heterocycles. The summed E-state index contributed by atoms with van der Waals surface area (Å²) in [5, 5.41) is 8.07. The van der Waals surface area contributed by atoms with E-state index in [4.69, 9.17) is 0 Å². The molecular formula is C17H23N3. The number of anilines is 1. The molecule has 20 heavy (non-hydrogen) atoms. The van der Waals surface area contributed by atoms with Crippen molar-refractivity contribution in [2.45, 2.75) is 45.2 Å². The van der Waals surface area contributed by atoms with Crippen molar-refractivity contribution in [2.24, 2.45) is 5.92 Å². The van der Waals surface area contributed by atoms with Crippen LogP contribution in [-0.2, 0) is 6.54 Å². The summed E-state index contributed by atoms with van der Waals surface area (Å²) in [5.74, 6) is 0.909. The van der Waals surface area contributed by atoms with Gasteiger partial charge in [0.2, 0.25) is 0 Å². The van der Waals surface area contributed by atoms with Crippen molar-refractivity contribution in [1.29, 1.82) is 0 Å². The van der Waals surface area contributed by atoms with Gasteiger partial charge in [0.15, 0.2) is 0 Å². The van der Waals surface area contributed by atoms with Gasteiger partial charge in [-0.25, -0.2) is 0 Å². The molecule has 3 nitrogen and oxygen atoms in total. The van der Waals surface area contributed by atoms with E-state index >= 15 is 0 Å². The highest BCUT2D eigenvalue weighted by atomic mass is 15.3. The van der Waals surface area contributed by atoms with Gasteiger partial charge in [0.05, 0.1) is 18.4 Å². The maximum atomic E-state index is 4.45.